The molecule has 1 aliphatic heterocycles. The van der Waals surface area contributed by atoms with Gasteiger partial charge in [-0.15, -0.1) is 0 Å². The van der Waals surface area contributed by atoms with Crippen LogP contribution in [0.4, 0.5) is 5.82 Å². The molecule has 16 heavy (non-hydrogen) atoms. The number of carbonyl (C=O) groups is 1. The number of rotatable bonds is 2. The molecule has 0 bridgehead atoms. The van der Waals surface area contributed by atoms with Gasteiger partial charge in [0.05, 0.1) is 5.92 Å². The molecule has 1 aromatic heterocycles. The molecule has 0 aliphatic carbocycles. The molecule has 1 aromatic rings. The number of primary amides is 1. The van der Waals surface area contributed by atoms with E-state index in [0.29, 0.717) is 17.5 Å². The number of amides is 1. The molecule has 2 heterocycles. The number of carbonyl (C=O) groups excluding carboxylic acids is 1. The molecule has 6 heteroatoms. The van der Waals surface area contributed by atoms with Crippen molar-refractivity contribution in [3.8, 4) is 0 Å². The van der Waals surface area contributed by atoms with E-state index >= 15 is 0 Å². The Morgan fingerprint density at radius 3 is 2.94 bits per heavy atom. The monoisotopic (exact) mass is 240 g/mol. The van der Waals surface area contributed by atoms with E-state index in [1.807, 2.05) is 4.90 Å². The van der Waals surface area contributed by atoms with Crippen LogP contribution in [0.1, 0.15) is 12.8 Å². The van der Waals surface area contributed by atoms with Gasteiger partial charge in [-0.3, -0.25) is 4.79 Å². The normalized spacial score (nSPS) is 20.8. The lowest BCUT2D eigenvalue weighted by Crippen LogP contribution is -2.41. The lowest BCUT2D eigenvalue weighted by molar-refractivity contribution is -0.122. The minimum atomic E-state index is -0.260. The summed E-state index contributed by atoms with van der Waals surface area (Å²) in [5.74, 6) is 0.256. The Kier molecular flexibility index (Phi) is 3.24. The Hall–Kier alpha value is -1.36. The van der Waals surface area contributed by atoms with Crippen LogP contribution in [0.3, 0.4) is 0 Å². The van der Waals surface area contributed by atoms with Gasteiger partial charge in [0.1, 0.15) is 0 Å². The van der Waals surface area contributed by atoms with Crippen molar-refractivity contribution in [1.29, 1.82) is 0 Å². The number of aromatic nitrogens is 2. The molecule has 2 N–H and O–H groups in total. The molecule has 5 nitrogen and oxygen atoms in total. The molecular weight excluding hydrogens is 228 g/mol. The number of anilines is 1. The van der Waals surface area contributed by atoms with Crippen LogP contribution in [0.25, 0.3) is 0 Å². The first-order valence-electron chi connectivity index (χ1n) is 5.19. The molecule has 1 unspecified atom stereocenters. The molecule has 86 valence electrons. The van der Waals surface area contributed by atoms with Crippen molar-refractivity contribution in [2.24, 2.45) is 11.7 Å². The van der Waals surface area contributed by atoms with Gasteiger partial charge in [-0.05, 0) is 12.8 Å². The number of halogens is 1. The number of hydrogen-bond donors (Lipinski definition) is 1. The molecule has 1 amide bonds. The summed E-state index contributed by atoms with van der Waals surface area (Å²) in [4.78, 5) is 21.3. The Bertz CT molecular complexity index is 398. The van der Waals surface area contributed by atoms with Crippen LogP contribution < -0.4 is 10.6 Å². The number of piperidine rings is 1. The second-order valence-corrected chi connectivity index (χ2v) is 4.22. The van der Waals surface area contributed by atoms with Crippen LogP contribution >= 0.6 is 11.6 Å². The van der Waals surface area contributed by atoms with Gasteiger partial charge < -0.3 is 10.6 Å². The summed E-state index contributed by atoms with van der Waals surface area (Å²) in [6.45, 7) is 1.41. The summed E-state index contributed by atoms with van der Waals surface area (Å²) >= 11 is 5.95. The number of nitrogens with two attached hydrogens (primary N) is 1. The van der Waals surface area contributed by atoms with Gasteiger partial charge in [-0.1, -0.05) is 11.6 Å². The van der Waals surface area contributed by atoms with Crippen LogP contribution in [0.5, 0.6) is 0 Å². The Morgan fingerprint density at radius 2 is 2.25 bits per heavy atom. The fourth-order valence-electron chi connectivity index (χ4n) is 1.93. The van der Waals surface area contributed by atoms with E-state index in [0.717, 1.165) is 19.4 Å². The topological polar surface area (TPSA) is 72.1 Å². The Morgan fingerprint density at radius 1 is 1.50 bits per heavy atom. The predicted molar refractivity (Wildman–Crippen MR) is 61.2 cm³/mol. The molecule has 0 saturated carbocycles. The van der Waals surface area contributed by atoms with E-state index in [4.69, 9.17) is 17.3 Å². The van der Waals surface area contributed by atoms with Crippen LogP contribution in [0.2, 0.25) is 5.15 Å². The van der Waals surface area contributed by atoms with Crippen molar-refractivity contribution in [1.82, 2.24) is 9.97 Å². The first-order chi connectivity index (χ1) is 7.68. The highest BCUT2D eigenvalue weighted by atomic mass is 35.5. The van der Waals surface area contributed by atoms with Gasteiger partial charge in [0, 0.05) is 25.5 Å². The third-order valence-corrected chi connectivity index (χ3v) is 3.03. The van der Waals surface area contributed by atoms with Crippen LogP contribution in [0, 0.1) is 5.92 Å². The molecule has 1 fully saturated rings. The second-order valence-electron chi connectivity index (χ2n) is 3.86. The van der Waals surface area contributed by atoms with E-state index in [1.165, 1.54) is 0 Å². The van der Waals surface area contributed by atoms with E-state index in [9.17, 15) is 4.79 Å². The maximum atomic E-state index is 11.1. The lowest BCUT2D eigenvalue weighted by Gasteiger charge is -2.32. The van der Waals surface area contributed by atoms with Gasteiger partial charge in [-0.2, -0.15) is 0 Å². The minimum Gasteiger partial charge on any atom is -0.369 e. The molecule has 0 radical (unpaired) electrons. The van der Waals surface area contributed by atoms with Crippen molar-refractivity contribution in [2.45, 2.75) is 12.8 Å². The summed E-state index contributed by atoms with van der Waals surface area (Å²) in [7, 11) is 0. The first-order valence-corrected chi connectivity index (χ1v) is 5.57. The van der Waals surface area contributed by atoms with Crippen molar-refractivity contribution >= 4 is 23.3 Å². The quantitative estimate of drug-likeness (QED) is 0.831. The fourth-order valence-corrected chi connectivity index (χ4v) is 2.15. The first kappa shape index (κ1) is 11.1. The molecule has 0 aromatic carbocycles. The van der Waals surface area contributed by atoms with Crippen molar-refractivity contribution < 1.29 is 4.79 Å². The van der Waals surface area contributed by atoms with Crippen molar-refractivity contribution in [2.75, 3.05) is 18.0 Å². The van der Waals surface area contributed by atoms with Gasteiger partial charge >= 0.3 is 0 Å². The summed E-state index contributed by atoms with van der Waals surface area (Å²) < 4.78 is 0. The van der Waals surface area contributed by atoms with Crippen molar-refractivity contribution in [3.05, 3.63) is 17.5 Å². The van der Waals surface area contributed by atoms with Gasteiger partial charge in [0.15, 0.2) is 11.0 Å². The van der Waals surface area contributed by atoms with Crippen molar-refractivity contribution in [3.63, 3.8) is 0 Å². The molecule has 1 atom stereocenters. The number of hydrogen-bond acceptors (Lipinski definition) is 4. The average molecular weight is 241 g/mol. The summed E-state index contributed by atoms with van der Waals surface area (Å²) in [6, 6.07) is 0. The zero-order chi connectivity index (χ0) is 11.5. The molecule has 1 saturated heterocycles. The maximum absolute atomic E-state index is 11.1. The van der Waals surface area contributed by atoms with Crippen LogP contribution in [-0.2, 0) is 4.79 Å². The van der Waals surface area contributed by atoms with Gasteiger partial charge in [0.2, 0.25) is 5.91 Å². The third kappa shape index (κ3) is 2.24. The minimum absolute atomic E-state index is 0.119. The smallest absolute Gasteiger partial charge is 0.222 e. The highest BCUT2D eigenvalue weighted by molar-refractivity contribution is 6.31. The summed E-state index contributed by atoms with van der Waals surface area (Å²) in [6.07, 6.45) is 4.89. The largest absolute Gasteiger partial charge is 0.369 e. The molecular formula is C10H13ClN4O. The lowest BCUT2D eigenvalue weighted by atomic mass is 9.98. The standard InChI is InChI=1S/C10H13ClN4O/c11-8-10(14-4-3-13-8)15-5-1-2-7(6-15)9(12)16/h3-4,7H,1-2,5-6H2,(H2,12,16). The number of nitrogens with zero attached hydrogens (tertiary/aromatic N) is 3. The fraction of sp³-hybridized carbons (Fsp3) is 0.500. The zero-order valence-electron chi connectivity index (χ0n) is 8.77. The predicted octanol–water partition coefficient (Wildman–Crippen LogP) is 0.832. The van der Waals surface area contributed by atoms with E-state index in [-0.39, 0.29) is 11.8 Å². The third-order valence-electron chi connectivity index (χ3n) is 2.76. The Balaban J connectivity index is 2.16. The zero-order valence-corrected chi connectivity index (χ0v) is 9.52. The summed E-state index contributed by atoms with van der Waals surface area (Å²) in [5.41, 5.74) is 5.31. The SMILES string of the molecule is NC(=O)C1CCCN(c2nccnc2Cl)C1. The molecule has 0 spiro atoms. The van der Waals surface area contributed by atoms with E-state index in [1.54, 1.807) is 12.4 Å². The van der Waals surface area contributed by atoms with E-state index in [2.05, 4.69) is 9.97 Å². The van der Waals surface area contributed by atoms with Gasteiger partial charge in [0.25, 0.3) is 0 Å². The average Bonchev–Trinajstić information content (AvgIpc) is 2.30. The van der Waals surface area contributed by atoms with E-state index < -0.39 is 0 Å². The van der Waals surface area contributed by atoms with Crippen LogP contribution in [-0.4, -0.2) is 29.0 Å². The van der Waals surface area contributed by atoms with Gasteiger partial charge in [-0.25, -0.2) is 9.97 Å². The highest BCUT2D eigenvalue weighted by Gasteiger charge is 2.25. The maximum Gasteiger partial charge on any atom is 0.222 e. The second kappa shape index (κ2) is 4.65. The molecule has 2 rings (SSSR count). The summed E-state index contributed by atoms with van der Waals surface area (Å²) in [5, 5.41) is 0.368. The van der Waals surface area contributed by atoms with Crippen LogP contribution in [0.15, 0.2) is 12.4 Å². The molecule has 1 aliphatic rings. The highest BCUT2D eigenvalue weighted by Crippen LogP contribution is 2.25. The Labute approximate surface area is 98.6 Å².